The lowest BCUT2D eigenvalue weighted by Crippen LogP contribution is -1.88. The molecular weight excluding hydrogens is 556 g/mol. The molecule has 0 fully saturated rings. The Labute approximate surface area is 275 Å². The maximum atomic E-state index is 10.2. The summed E-state index contributed by atoms with van der Waals surface area (Å²) >= 11 is 0. The van der Waals surface area contributed by atoms with Crippen molar-refractivity contribution in [2.24, 2.45) is 0 Å². The number of nitrogens with zero attached hydrogens (tertiary/aromatic N) is 2. The zero-order valence-electron chi connectivity index (χ0n) is 27.4. The fraction of sp³-hybridized carbons (Fsp3) is 0.273. The predicted molar refractivity (Wildman–Crippen MR) is 199 cm³/mol. The first-order chi connectivity index (χ1) is 22.6. The van der Waals surface area contributed by atoms with Crippen LogP contribution in [0, 0.1) is 17.9 Å². The third kappa shape index (κ3) is 8.21. The van der Waals surface area contributed by atoms with Crippen LogP contribution >= 0.6 is 0 Å². The molecule has 0 spiro atoms. The third-order valence-corrected chi connectivity index (χ3v) is 8.90. The topological polar surface area (TPSA) is 28.1 Å². The highest BCUT2D eigenvalue weighted by molar-refractivity contribution is 6.17. The van der Waals surface area contributed by atoms with Crippen molar-refractivity contribution in [2.45, 2.75) is 78.1 Å². The summed E-state index contributed by atoms with van der Waals surface area (Å²) in [6, 6.07) is 32.4. The predicted octanol–water partition coefficient (Wildman–Crippen LogP) is 13.0. The second kappa shape index (κ2) is 16.4. The summed E-state index contributed by atoms with van der Waals surface area (Å²) in [5.74, 6) is 0. The van der Waals surface area contributed by atoms with E-state index in [-0.39, 0.29) is 0 Å². The van der Waals surface area contributed by atoms with Gasteiger partial charge >= 0.3 is 0 Å². The first-order valence-corrected chi connectivity index (χ1v) is 17.0. The molecule has 5 aromatic carbocycles. The van der Waals surface area contributed by atoms with E-state index in [4.69, 9.17) is 6.57 Å². The van der Waals surface area contributed by atoms with Gasteiger partial charge in [-0.05, 0) is 86.7 Å². The molecule has 0 aromatic heterocycles. The number of aryl methyl sites for hydroxylation is 2. The van der Waals surface area contributed by atoms with Gasteiger partial charge in [0.25, 0.3) is 0 Å². The van der Waals surface area contributed by atoms with Gasteiger partial charge in [-0.2, -0.15) is 5.26 Å². The van der Waals surface area contributed by atoms with Crippen LogP contribution in [0.25, 0.3) is 50.7 Å². The first kappa shape index (κ1) is 32.5. The Morgan fingerprint density at radius 1 is 0.543 bits per heavy atom. The Bertz CT molecular complexity index is 1770. The smallest absolute Gasteiger partial charge is 0.212 e. The third-order valence-electron chi connectivity index (χ3n) is 8.90. The lowest BCUT2D eigenvalue weighted by Gasteiger charge is -2.11. The first-order valence-electron chi connectivity index (χ1n) is 17.0. The molecule has 46 heavy (non-hydrogen) atoms. The largest absolute Gasteiger partial charge is 0.236 e. The van der Waals surface area contributed by atoms with E-state index in [1.165, 1.54) is 62.5 Å². The van der Waals surface area contributed by atoms with Crippen LogP contribution in [-0.2, 0) is 12.8 Å². The summed E-state index contributed by atoms with van der Waals surface area (Å²) < 4.78 is 0. The van der Waals surface area contributed by atoms with Gasteiger partial charge in [-0.15, -0.1) is 0 Å². The summed E-state index contributed by atoms with van der Waals surface area (Å²) in [6.07, 6.45) is 20.9. The molecule has 5 rings (SSSR count). The van der Waals surface area contributed by atoms with Gasteiger partial charge in [0.1, 0.15) is 0 Å². The summed E-state index contributed by atoms with van der Waals surface area (Å²) in [4.78, 5) is 3.87. The lowest BCUT2D eigenvalue weighted by atomic mass is 9.93. The molecule has 0 aliphatic heterocycles. The Hall–Kier alpha value is -4.92. The maximum absolute atomic E-state index is 10.2. The number of unbranched alkanes of at least 4 members (excludes halogenated alkanes) is 6. The second-order valence-corrected chi connectivity index (χ2v) is 12.3. The number of rotatable bonds is 14. The van der Waals surface area contributed by atoms with Gasteiger partial charge in [0.2, 0.25) is 5.69 Å². The van der Waals surface area contributed by atoms with Gasteiger partial charge in [-0.25, -0.2) is 4.85 Å². The highest BCUT2D eigenvalue weighted by atomic mass is 14.7. The Morgan fingerprint density at radius 2 is 0.978 bits per heavy atom. The molecule has 0 saturated heterocycles. The monoisotopic (exact) mass is 600 g/mol. The van der Waals surface area contributed by atoms with Crippen LogP contribution in [0.5, 0.6) is 0 Å². The molecule has 2 heteroatoms. The molecule has 0 N–H and O–H groups in total. The molecule has 0 aliphatic rings. The fourth-order valence-electron chi connectivity index (χ4n) is 6.18. The van der Waals surface area contributed by atoms with E-state index in [2.05, 4.69) is 122 Å². The number of hydrogen-bond acceptors (Lipinski definition) is 1. The zero-order valence-corrected chi connectivity index (χ0v) is 27.4. The van der Waals surface area contributed by atoms with Crippen LogP contribution in [0.3, 0.4) is 0 Å². The second-order valence-electron chi connectivity index (χ2n) is 12.3. The Balaban J connectivity index is 1.36. The van der Waals surface area contributed by atoms with Crippen LogP contribution in [0.2, 0.25) is 0 Å². The van der Waals surface area contributed by atoms with E-state index >= 15 is 0 Å². The van der Waals surface area contributed by atoms with E-state index < -0.39 is 0 Å². The van der Waals surface area contributed by atoms with Crippen LogP contribution in [0.1, 0.15) is 104 Å². The minimum absolute atomic E-state index is 0.420. The van der Waals surface area contributed by atoms with Gasteiger partial charge in [-0.1, -0.05) is 156 Å². The Kier molecular flexibility index (Phi) is 11.6. The molecule has 0 amide bonds. The van der Waals surface area contributed by atoms with Crippen molar-refractivity contribution in [3.63, 3.8) is 0 Å². The molecule has 0 saturated carbocycles. The van der Waals surface area contributed by atoms with E-state index in [0.717, 1.165) is 56.6 Å². The Morgan fingerprint density at radius 3 is 1.43 bits per heavy atom. The maximum Gasteiger partial charge on any atom is 0.212 e. The molecule has 0 radical (unpaired) electrons. The van der Waals surface area contributed by atoms with Crippen LogP contribution < -0.4 is 0 Å². The highest BCUT2D eigenvalue weighted by Gasteiger charge is 2.15. The van der Waals surface area contributed by atoms with Crippen molar-refractivity contribution in [3.8, 4) is 6.07 Å². The van der Waals surface area contributed by atoms with Crippen molar-refractivity contribution < 1.29 is 0 Å². The fourth-order valence-corrected chi connectivity index (χ4v) is 6.18. The summed E-state index contributed by atoms with van der Waals surface area (Å²) in [6.45, 7) is 12.5. The number of fused-ring (bicyclic) bond motifs is 3. The highest BCUT2D eigenvalue weighted by Crippen LogP contribution is 2.39. The average molecular weight is 601 g/mol. The van der Waals surface area contributed by atoms with Gasteiger partial charge in [-0.3, -0.25) is 0 Å². The van der Waals surface area contributed by atoms with Crippen molar-refractivity contribution in [1.82, 2.24) is 0 Å². The van der Waals surface area contributed by atoms with Gasteiger partial charge in [0.05, 0.1) is 18.2 Å². The van der Waals surface area contributed by atoms with Crippen LogP contribution in [-0.4, -0.2) is 0 Å². The summed E-state index contributed by atoms with van der Waals surface area (Å²) in [7, 11) is 0. The SMILES string of the molecule is [C-]#[N+]c1c(C#N)c2cc(C=Cc3ccc(CCCCCC)cc3)ccc2c2ccc(C=Cc3ccc(CCCCCC)cc3)cc12. The van der Waals surface area contributed by atoms with Gasteiger partial charge in [0, 0.05) is 0 Å². The summed E-state index contributed by atoms with van der Waals surface area (Å²) in [5, 5.41) is 13.9. The minimum atomic E-state index is 0.420. The van der Waals surface area contributed by atoms with Gasteiger partial charge < -0.3 is 0 Å². The van der Waals surface area contributed by atoms with Crippen molar-refractivity contribution in [2.75, 3.05) is 0 Å². The number of benzene rings is 5. The van der Waals surface area contributed by atoms with Crippen molar-refractivity contribution in [3.05, 3.63) is 135 Å². The minimum Gasteiger partial charge on any atom is -0.236 e. The van der Waals surface area contributed by atoms with Crippen molar-refractivity contribution in [1.29, 1.82) is 5.26 Å². The van der Waals surface area contributed by atoms with Crippen LogP contribution in [0.15, 0.2) is 84.9 Å². The molecular formula is C44H44N2. The normalized spacial score (nSPS) is 11.5. The average Bonchev–Trinajstić information content (AvgIpc) is 3.10. The number of nitriles is 1. The van der Waals surface area contributed by atoms with E-state index in [9.17, 15) is 5.26 Å². The number of hydrogen-bond donors (Lipinski definition) is 0. The standard InChI is InChI=1S/C44H44N2/c1-4-6-8-10-12-33-14-18-35(19-15-33)22-24-37-26-28-39-40-29-27-38(31-42(40)44(46-3)43(32-45)41(39)30-37)25-23-36-20-16-34(17-21-36)13-11-9-7-5-2/h14-31H,4-13H2,1-2H3. The molecule has 0 atom stereocenters. The lowest BCUT2D eigenvalue weighted by molar-refractivity contribution is 0.667. The summed E-state index contributed by atoms with van der Waals surface area (Å²) in [5.41, 5.74) is 7.95. The molecule has 2 nitrogen and oxygen atoms in total. The molecule has 0 unspecified atom stereocenters. The van der Waals surface area contributed by atoms with Crippen LogP contribution in [0.4, 0.5) is 5.69 Å². The van der Waals surface area contributed by atoms with E-state index in [1.54, 1.807) is 0 Å². The van der Waals surface area contributed by atoms with Crippen molar-refractivity contribution >= 4 is 51.5 Å². The molecule has 0 heterocycles. The quantitative estimate of drug-likeness (QED) is 0.0539. The van der Waals surface area contributed by atoms with E-state index in [0.29, 0.717) is 11.3 Å². The van der Waals surface area contributed by atoms with Gasteiger partial charge in [0.15, 0.2) is 0 Å². The molecule has 230 valence electrons. The molecule has 0 bridgehead atoms. The zero-order chi connectivity index (χ0) is 32.1. The molecule has 0 aliphatic carbocycles. The van der Waals surface area contributed by atoms with E-state index in [1.807, 2.05) is 12.1 Å². The molecule has 5 aromatic rings.